The Morgan fingerprint density at radius 2 is 1.95 bits per heavy atom. The predicted octanol–water partition coefficient (Wildman–Crippen LogP) is 3.89. The van der Waals surface area contributed by atoms with Crippen molar-refractivity contribution < 1.29 is 4.79 Å². The van der Waals surface area contributed by atoms with Crippen molar-refractivity contribution >= 4 is 11.7 Å². The van der Waals surface area contributed by atoms with E-state index in [9.17, 15) is 4.79 Å². The molecule has 1 fully saturated rings. The number of anilines is 1. The second-order valence-electron chi connectivity index (χ2n) is 6.10. The Kier molecular flexibility index (Phi) is 5.62. The minimum Gasteiger partial charge on any atom is -0.325 e. The Labute approximate surface area is 127 Å². The molecule has 21 heavy (non-hydrogen) atoms. The summed E-state index contributed by atoms with van der Waals surface area (Å²) in [4.78, 5) is 14.3. The molecule has 4 heteroatoms. The Bertz CT molecular complexity index is 465. The molecule has 3 N–H and O–H groups in total. The van der Waals surface area contributed by atoms with Gasteiger partial charge in [-0.15, -0.1) is 0 Å². The van der Waals surface area contributed by atoms with Crippen molar-refractivity contribution in [1.29, 1.82) is 0 Å². The van der Waals surface area contributed by atoms with Gasteiger partial charge < -0.3 is 16.0 Å². The van der Waals surface area contributed by atoms with E-state index in [1.807, 2.05) is 43.1 Å². The summed E-state index contributed by atoms with van der Waals surface area (Å²) >= 11 is 0. The summed E-state index contributed by atoms with van der Waals surface area (Å²) < 4.78 is 0. The number of benzene rings is 1. The molecule has 2 amide bonds. The number of urea groups is 1. The molecule has 1 aliphatic rings. The molecule has 0 saturated heterocycles. The quantitative estimate of drug-likeness (QED) is 0.829. The molecule has 0 radical (unpaired) electrons. The molecule has 2 rings (SSSR count). The number of rotatable bonds is 3. The number of carbonyl (C=O) groups excluding carboxylic acids is 1. The average Bonchev–Trinajstić information content (AvgIpc) is 2.75. The summed E-state index contributed by atoms with van der Waals surface area (Å²) in [5.74, 6) is 0. The normalized spacial score (nSPS) is 17.9. The minimum absolute atomic E-state index is 0.0243. The third-order valence-corrected chi connectivity index (χ3v) is 4.36. The first-order chi connectivity index (χ1) is 10.1. The van der Waals surface area contributed by atoms with Gasteiger partial charge in [0.2, 0.25) is 0 Å². The van der Waals surface area contributed by atoms with Crippen LogP contribution in [0.4, 0.5) is 10.5 Å². The molecule has 0 heterocycles. The second kappa shape index (κ2) is 7.46. The van der Waals surface area contributed by atoms with E-state index in [1.54, 1.807) is 0 Å². The monoisotopic (exact) mass is 289 g/mol. The van der Waals surface area contributed by atoms with E-state index in [0.717, 1.165) is 24.1 Å². The molecule has 1 aromatic rings. The zero-order chi connectivity index (χ0) is 15.2. The Morgan fingerprint density at radius 3 is 2.57 bits per heavy atom. The van der Waals surface area contributed by atoms with Gasteiger partial charge >= 0.3 is 6.03 Å². The number of carbonyl (C=O) groups is 1. The van der Waals surface area contributed by atoms with E-state index in [1.165, 1.54) is 25.7 Å². The first-order valence-electron chi connectivity index (χ1n) is 7.97. The molecule has 0 bridgehead atoms. The molecule has 1 aliphatic carbocycles. The van der Waals surface area contributed by atoms with Crippen LogP contribution in [0.2, 0.25) is 0 Å². The summed E-state index contributed by atoms with van der Waals surface area (Å²) in [6.07, 6.45) is 7.27. The number of nitrogens with zero attached hydrogens (tertiary/aromatic N) is 1. The highest BCUT2D eigenvalue weighted by molar-refractivity contribution is 5.89. The van der Waals surface area contributed by atoms with Crippen LogP contribution in [0.1, 0.15) is 57.1 Å². The highest BCUT2D eigenvalue weighted by Gasteiger charge is 2.21. The summed E-state index contributed by atoms with van der Waals surface area (Å²) in [5.41, 5.74) is 7.73. The lowest BCUT2D eigenvalue weighted by Gasteiger charge is -2.27. The van der Waals surface area contributed by atoms with Gasteiger partial charge in [0.25, 0.3) is 0 Å². The molecular formula is C17H27N3O. The van der Waals surface area contributed by atoms with Crippen LogP contribution in [0.5, 0.6) is 0 Å². The number of amides is 2. The predicted molar refractivity (Wildman–Crippen MR) is 87.3 cm³/mol. The SMILES string of the molecule is CC(N)c1cccc(NC(=O)N(C)C2CCCCCC2)c1. The van der Waals surface area contributed by atoms with Crippen molar-refractivity contribution in [1.82, 2.24) is 4.90 Å². The third-order valence-electron chi connectivity index (χ3n) is 4.36. The first kappa shape index (κ1) is 15.8. The molecule has 1 unspecified atom stereocenters. The van der Waals surface area contributed by atoms with Crippen LogP contribution in [-0.4, -0.2) is 24.0 Å². The smallest absolute Gasteiger partial charge is 0.321 e. The van der Waals surface area contributed by atoms with E-state index in [2.05, 4.69) is 5.32 Å². The maximum absolute atomic E-state index is 12.4. The van der Waals surface area contributed by atoms with Crippen molar-refractivity contribution in [3.05, 3.63) is 29.8 Å². The van der Waals surface area contributed by atoms with Crippen molar-refractivity contribution in [3.8, 4) is 0 Å². The van der Waals surface area contributed by atoms with Gasteiger partial charge in [-0.2, -0.15) is 0 Å². The van der Waals surface area contributed by atoms with Crippen molar-refractivity contribution in [2.75, 3.05) is 12.4 Å². The zero-order valence-corrected chi connectivity index (χ0v) is 13.1. The zero-order valence-electron chi connectivity index (χ0n) is 13.1. The molecule has 4 nitrogen and oxygen atoms in total. The fraction of sp³-hybridized carbons (Fsp3) is 0.588. The van der Waals surface area contributed by atoms with Gasteiger partial charge in [-0.05, 0) is 37.5 Å². The molecule has 0 aliphatic heterocycles. The lowest BCUT2D eigenvalue weighted by atomic mass is 10.1. The fourth-order valence-electron chi connectivity index (χ4n) is 2.92. The minimum atomic E-state index is -0.0264. The Morgan fingerprint density at radius 1 is 1.29 bits per heavy atom. The van der Waals surface area contributed by atoms with Crippen LogP contribution >= 0.6 is 0 Å². The molecule has 1 aromatic carbocycles. The Hall–Kier alpha value is -1.55. The number of nitrogens with one attached hydrogen (secondary N) is 1. The lowest BCUT2D eigenvalue weighted by molar-refractivity contribution is 0.197. The van der Waals surface area contributed by atoms with Crippen molar-refractivity contribution in [2.45, 2.75) is 57.5 Å². The van der Waals surface area contributed by atoms with Gasteiger partial charge in [-0.1, -0.05) is 37.8 Å². The van der Waals surface area contributed by atoms with Crippen LogP contribution in [0.15, 0.2) is 24.3 Å². The molecule has 1 saturated carbocycles. The maximum Gasteiger partial charge on any atom is 0.321 e. The van der Waals surface area contributed by atoms with E-state index < -0.39 is 0 Å². The van der Waals surface area contributed by atoms with Crippen molar-refractivity contribution in [3.63, 3.8) is 0 Å². The van der Waals surface area contributed by atoms with Gasteiger partial charge in [0.05, 0.1) is 0 Å². The topological polar surface area (TPSA) is 58.4 Å². The molecule has 0 aromatic heterocycles. The van der Waals surface area contributed by atoms with Crippen LogP contribution in [0.3, 0.4) is 0 Å². The first-order valence-corrected chi connectivity index (χ1v) is 7.97. The Balaban J connectivity index is 1.98. The summed E-state index contributed by atoms with van der Waals surface area (Å²) in [5, 5.41) is 2.99. The highest BCUT2D eigenvalue weighted by atomic mass is 16.2. The number of nitrogens with two attached hydrogens (primary N) is 1. The molecule has 0 spiro atoms. The second-order valence-corrected chi connectivity index (χ2v) is 6.10. The number of hydrogen-bond acceptors (Lipinski definition) is 2. The molecular weight excluding hydrogens is 262 g/mol. The van der Waals surface area contributed by atoms with E-state index >= 15 is 0 Å². The van der Waals surface area contributed by atoms with Gasteiger partial charge in [-0.25, -0.2) is 4.79 Å². The largest absolute Gasteiger partial charge is 0.325 e. The van der Waals surface area contributed by atoms with Crippen LogP contribution in [0, 0.1) is 0 Å². The summed E-state index contributed by atoms with van der Waals surface area (Å²) in [7, 11) is 1.90. The van der Waals surface area contributed by atoms with E-state index in [-0.39, 0.29) is 12.1 Å². The highest BCUT2D eigenvalue weighted by Crippen LogP contribution is 2.22. The molecule has 116 valence electrons. The molecule has 1 atom stereocenters. The summed E-state index contributed by atoms with van der Waals surface area (Å²) in [6, 6.07) is 8.08. The standard InChI is InChI=1S/C17H27N3O/c1-13(18)14-8-7-9-15(12-14)19-17(21)20(2)16-10-5-3-4-6-11-16/h7-9,12-13,16H,3-6,10-11,18H2,1-2H3,(H,19,21). The van der Waals surface area contributed by atoms with Gasteiger partial charge in [0.1, 0.15) is 0 Å². The summed E-state index contributed by atoms with van der Waals surface area (Å²) in [6.45, 7) is 1.94. The van der Waals surface area contributed by atoms with Gasteiger partial charge in [0, 0.05) is 24.8 Å². The van der Waals surface area contributed by atoms with Gasteiger partial charge in [-0.3, -0.25) is 0 Å². The number of hydrogen-bond donors (Lipinski definition) is 2. The maximum atomic E-state index is 12.4. The van der Waals surface area contributed by atoms with E-state index in [0.29, 0.717) is 6.04 Å². The van der Waals surface area contributed by atoms with Crippen LogP contribution in [0.25, 0.3) is 0 Å². The average molecular weight is 289 g/mol. The fourth-order valence-corrected chi connectivity index (χ4v) is 2.92. The van der Waals surface area contributed by atoms with Crippen molar-refractivity contribution in [2.24, 2.45) is 5.73 Å². The van der Waals surface area contributed by atoms with E-state index in [4.69, 9.17) is 5.73 Å². The third kappa shape index (κ3) is 4.46. The lowest BCUT2D eigenvalue weighted by Crippen LogP contribution is -2.39. The van der Waals surface area contributed by atoms with Crippen LogP contribution < -0.4 is 11.1 Å². The van der Waals surface area contributed by atoms with Gasteiger partial charge in [0.15, 0.2) is 0 Å². The van der Waals surface area contributed by atoms with Crippen LogP contribution in [-0.2, 0) is 0 Å².